The number of hydrogen-bond acceptors (Lipinski definition) is 2. The summed E-state index contributed by atoms with van der Waals surface area (Å²) in [6, 6.07) is 15.7. The lowest BCUT2D eigenvalue weighted by molar-refractivity contribution is 1.02. The highest BCUT2D eigenvalue weighted by Crippen LogP contribution is 2.23. The SMILES string of the molecule is Clc1ccc(CCNc2ccnc3ccccc23)c(Cl)c1. The summed E-state index contributed by atoms with van der Waals surface area (Å²) < 4.78 is 0. The Morgan fingerprint density at radius 3 is 2.71 bits per heavy atom. The molecule has 0 aliphatic heterocycles. The normalized spacial score (nSPS) is 10.8. The van der Waals surface area contributed by atoms with Crippen LogP contribution in [0.15, 0.2) is 54.7 Å². The van der Waals surface area contributed by atoms with Gasteiger partial charge in [0.1, 0.15) is 0 Å². The summed E-state index contributed by atoms with van der Waals surface area (Å²) in [4.78, 5) is 4.36. The van der Waals surface area contributed by atoms with E-state index in [9.17, 15) is 0 Å². The zero-order valence-electron chi connectivity index (χ0n) is 11.3. The zero-order chi connectivity index (χ0) is 14.7. The number of aromatic nitrogens is 1. The van der Waals surface area contributed by atoms with Crippen molar-refractivity contribution in [1.82, 2.24) is 4.98 Å². The van der Waals surface area contributed by atoms with Gasteiger partial charge in [0.25, 0.3) is 0 Å². The molecular formula is C17H14Cl2N2. The van der Waals surface area contributed by atoms with Crippen LogP contribution in [0.3, 0.4) is 0 Å². The number of pyridine rings is 1. The molecule has 2 aromatic carbocycles. The summed E-state index contributed by atoms with van der Waals surface area (Å²) in [6.45, 7) is 0.801. The maximum atomic E-state index is 6.18. The van der Waals surface area contributed by atoms with Gasteiger partial charge in [0.05, 0.1) is 5.52 Å². The van der Waals surface area contributed by atoms with E-state index in [-0.39, 0.29) is 0 Å². The number of para-hydroxylation sites is 1. The van der Waals surface area contributed by atoms with Gasteiger partial charge in [-0.2, -0.15) is 0 Å². The molecule has 3 aromatic rings. The van der Waals surface area contributed by atoms with Gasteiger partial charge in [-0.15, -0.1) is 0 Å². The third-order valence-corrected chi connectivity index (χ3v) is 3.96. The molecule has 0 amide bonds. The Bertz CT molecular complexity index is 766. The average Bonchev–Trinajstić information content (AvgIpc) is 2.50. The van der Waals surface area contributed by atoms with E-state index in [1.54, 1.807) is 6.07 Å². The van der Waals surface area contributed by atoms with E-state index >= 15 is 0 Å². The van der Waals surface area contributed by atoms with Crippen LogP contribution in [0.2, 0.25) is 10.0 Å². The minimum atomic E-state index is 0.664. The molecule has 1 heterocycles. The summed E-state index contributed by atoms with van der Waals surface area (Å²) in [5, 5.41) is 5.95. The molecule has 0 aliphatic rings. The number of anilines is 1. The van der Waals surface area contributed by atoms with Gasteiger partial charge in [-0.05, 0) is 36.2 Å². The minimum Gasteiger partial charge on any atom is -0.384 e. The van der Waals surface area contributed by atoms with Crippen LogP contribution in [0, 0.1) is 0 Å². The molecule has 0 atom stereocenters. The van der Waals surface area contributed by atoms with Gasteiger partial charge in [0.2, 0.25) is 0 Å². The second-order valence-electron chi connectivity index (χ2n) is 4.79. The third-order valence-electron chi connectivity index (χ3n) is 3.37. The van der Waals surface area contributed by atoms with Crippen molar-refractivity contribution in [2.75, 3.05) is 11.9 Å². The zero-order valence-corrected chi connectivity index (χ0v) is 12.8. The molecule has 4 heteroatoms. The van der Waals surface area contributed by atoms with Crippen molar-refractivity contribution in [1.29, 1.82) is 0 Å². The number of hydrogen-bond donors (Lipinski definition) is 1. The fourth-order valence-electron chi connectivity index (χ4n) is 2.31. The van der Waals surface area contributed by atoms with Crippen LogP contribution < -0.4 is 5.32 Å². The number of rotatable bonds is 4. The maximum Gasteiger partial charge on any atom is 0.0722 e. The molecule has 0 radical (unpaired) electrons. The lowest BCUT2D eigenvalue weighted by atomic mass is 10.1. The first kappa shape index (κ1) is 14.2. The van der Waals surface area contributed by atoms with Crippen LogP contribution in [0.25, 0.3) is 10.9 Å². The highest BCUT2D eigenvalue weighted by Gasteiger charge is 2.03. The molecule has 21 heavy (non-hydrogen) atoms. The summed E-state index contributed by atoms with van der Waals surface area (Å²) in [5.74, 6) is 0. The van der Waals surface area contributed by atoms with E-state index in [1.165, 1.54) is 0 Å². The highest BCUT2D eigenvalue weighted by molar-refractivity contribution is 6.35. The van der Waals surface area contributed by atoms with Crippen LogP contribution in [0.1, 0.15) is 5.56 Å². The molecule has 3 rings (SSSR count). The van der Waals surface area contributed by atoms with Gasteiger partial charge in [-0.1, -0.05) is 47.5 Å². The Labute approximate surface area is 133 Å². The molecule has 0 spiro atoms. The second-order valence-corrected chi connectivity index (χ2v) is 5.63. The Morgan fingerprint density at radius 2 is 1.86 bits per heavy atom. The Morgan fingerprint density at radius 1 is 1.00 bits per heavy atom. The Balaban J connectivity index is 1.72. The van der Waals surface area contributed by atoms with Crippen molar-refractivity contribution in [3.8, 4) is 0 Å². The molecule has 106 valence electrons. The Kier molecular flexibility index (Phi) is 4.28. The van der Waals surface area contributed by atoms with Crippen LogP contribution in [-0.4, -0.2) is 11.5 Å². The van der Waals surface area contributed by atoms with Crippen molar-refractivity contribution < 1.29 is 0 Å². The molecule has 0 saturated carbocycles. The summed E-state index contributed by atoms with van der Waals surface area (Å²) in [5.41, 5.74) is 3.17. The van der Waals surface area contributed by atoms with Crippen molar-refractivity contribution in [2.24, 2.45) is 0 Å². The minimum absolute atomic E-state index is 0.664. The quantitative estimate of drug-likeness (QED) is 0.716. The largest absolute Gasteiger partial charge is 0.384 e. The Hall–Kier alpha value is -1.77. The first-order valence-electron chi connectivity index (χ1n) is 6.75. The molecule has 0 unspecified atom stereocenters. The molecule has 0 aliphatic carbocycles. The predicted octanol–water partition coefficient (Wildman–Crippen LogP) is 5.20. The smallest absolute Gasteiger partial charge is 0.0722 e. The van der Waals surface area contributed by atoms with Crippen LogP contribution >= 0.6 is 23.2 Å². The maximum absolute atomic E-state index is 6.18. The number of benzene rings is 2. The van der Waals surface area contributed by atoms with E-state index in [1.807, 2.05) is 42.6 Å². The number of fused-ring (bicyclic) bond motifs is 1. The van der Waals surface area contributed by atoms with Gasteiger partial charge >= 0.3 is 0 Å². The van der Waals surface area contributed by atoms with E-state index in [2.05, 4.69) is 16.4 Å². The molecule has 0 fully saturated rings. The standard InChI is InChI=1S/C17H14Cl2N2/c18-13-6-5-12(15(19)11-13)7-9-20-17-8-10-21-16-4-2-1-3-14(16)17/h1-6,8,10-11H,7,9H2,(H,20,21). The predicted molar refractivity (Wildman–Crippen MR) is 90.4 cm³/mol. The van der Waals surface area contributed by atoms with Crippen molar-refractivity contribution >= 4 is 39.8 Å². The average molecular weight is 317 g/mol. The van der Waals surface area contributed by atoms with E-state index in [0.29, 0.717) is 10.0 Å². The monoisotopic (exact) mass is 316 g/mol. The molecule has 1 aromatic heterocycles. The van der Waals surface area contributed by atoms with E-state index < -0.39 is 0 Å². The van der Waals surface area contributed by atoms with Gasteiger partial charge in [-0.3, -0.25) is 4.98 Å². The first-order chi connectivity index (χ1) is 10.2. The third kappa shape index (κ3) is 3.29. The lowest BCUT2D eigenvalue weighted by Crippen LogP contribution is -2.05. The summed E-state index contributed by atoms with van der Waals surface area (Å²) >= 11 is 12.1. The lowest BCUT2D eigenvalue weighted by Gasteiger charge is -2.10. The summed E-state index contributed by atoms with van der Waals surface area (Å²) in [6.07, 6.45) is 2.66. The van der Waals surface area contributed by atoms with Crippen LogP contribution in [0.4, 0.5) is 5.69 Å². The molecule has 2 nitrogen and oxygen atoms in total. The molecule has 1 N–H and O–H groups in total. The van der Waals surface area contributed by atoms with Gasteiger partial charge in [0, 0.05) is 33.9 Å². The summed E-state index contributed by atoms with van der Waals surface area (Å²) in [7, 11) is 0. The van der Waals surface area contributed by atoms with E-state index in [4.69, 9.17) is 23.2 Å². The molecule has 0 bridgehead atoms. The van der Waals surface area contributed by atoms with Crippen LogP contribution in [-0.2, 0) is 6.42 Å². The number of nitrogens with one attached hydrogen (secondary N) is 1. The fourth-order valence-corrected chi connectivity index (χ4v) is 2.81. The second kappa shape index (κ2) is 6.33. The number of halogens is 2. The first-order valence-corrected chi connectivity index (χ1v) is 7.51. The fraction of sp³-hybridized carbons (Fsp3) is 0.118. The van der Waals surface area contributed by atoms with Gasteiger partial charge in [-0.25, -0.2) is 0 Å². The van der Waals surface area contributed by atoms with E-state index in [0.717, 1.165) is 35.1 Å². The van der Waals surface area contributed by atoms with Gasteiger partial charge in [0.15, 0.2) is 0 Å². The number of nitrogens with zero attached hydrogens (tertiary/aromatic N) is 1. The van der Waals surface area contributed by atoms with Crippen molar-refractivity contribution in [3.63, 3.8) is 0 Å². The van der Waals surface area contributed by atoms with Crippen molar-refractivity contribution in [3.05, 3.63) is 70.3 Å². The van der Waals surface area contributed by atoms with Crippen molar-refractivity contribution in [2.45, 2.75) is 6.42 Å². The molecular weight excluding hydrogens is 303 g/mol. The van der Waals surface area contributed by atoms with Gasteiger partial charge < -0.3 is 5.32 Å². The topological polar surface area (TPSA) is 24.9 Å². The van der Waals surface area contributed by atoms with Crippen LogP contribution in [0.5, 0.6) is 0 Å². The highest BCUT2D eigenvalue weighted by atomic mass is 35.5. The molecule has 0 saturated heterocycles.